The number of furan rings is 1. The molecule has 8 heteroatoms. The van der Waals surface area contributed by atoms with E-state index in [1.54, 1.807) is 18.2 Å². The van der Waals surface area contributed by atoms with Crippen molar-refractivity contribution in [2.45, 2.75) is 37.0 Å². The predicted octanol–water partition coefficient (Wildman–Crippen LogP) is 4.40. The molecule has 32 heavy (non-hydrogen) atoms. The summed E-state index contributed by atoms with van der Waals surface area (Å²) in [7, 11) is 1.49. The molecular formula is C24H28N2O5S. The van der Waals surface area contributed by atoms with E-state index in [4.69, 9.17) is 20.6 Å². The van der Waals surface area contributed by atoms with E-state index < -0.39 is 11.8 Å². The molecule has 3 aromatic rings. The fraction of sp³-hybridized carbons (Fsp3) is 0.333. The maximum absolute atomic E-state index is 12.3. The third-order valence-electron chi connectivity index (χ3n) is 5.58. The van der Waals surface area contributed by atoms with Crippen molar-refractivity contribution in [3.63, 3.8) is 0 Å². The molecule has 1 heterocycles. The van der Waals surface area contributed by atoms with Gasteiger partial charge in [0.25, 0.3) is 0 Å². The highest BCUT2D eigenvalue weighted by Crippen LogP contribution is 2.42. The van der Waals surface area contributed by atoms with Crippen LogP contribution in [0.25, 0.3) is 22.3 Å². The van der Waals surface area contributed by atoms with Gasteiger partial charge in [-0.25, -0.2) is 0 Å². The molecule has 5 N–H and O–H groups in total. The molecule has 0 bridgehead atoms. The minimum atomic E-state index is -0.482. The summed E-state index contributed by atoms with van der Waals surface area (Å²) < 4.78 is 11.4. The number of nitrogens with two attached hydrogens (primary N) is 2. The molecule has 0 aliphatic rings. The first-order valence-corrected chi connectivity index (χ1v) is 11.5. The monoisotopic (exact) mass is 456 g/mol. The van der Waals surface area contributed by atoms with Gasteiger partial charge < -0.3 is 25.7 Å². The summed E-state index contributed by atoms with van der Waals surface area (Å²) in [6.07, 6.45) is 3.37. The summed E-state index contributed by atoms with van der Waals surface area (Å²) >= 11 is 1.53. The van der Waals surface area contributed by atoms with Crippen molar-refractivity contribution in [3.8, 4) is 22.8 Å². The third kappa shape index (κ3) is 5.02. The van der Waals surface area contributed by atoms with Crippen molar-refractivity contribution >= 4 is 34.5 Å². The van der Waals surface area contributed by atoms with E-state index in [0.717, 1.165) is 21.4 Å². The first-order valence-electron chi connectivity index (χ1n) is 10.3. The quantitative estimate of drug-likeness (QED) is 0.388. The lowest BCUT2D eigenvalue weighted by Gasteiger charge is -2.18. The van der Waals surface area contributed by atoms with E-state index in [1.165, 1.54) is 18.9 Å². The Hall–Kier alpha value is -3.13. The van der Waals surface area contributed by atoms with E-state index in [1.807, 2.05) is 31.4 Å². The molecule has 170 valence electrons. The normalized spacial score (nSPS) is 13.1. The van der Waals surface area contributed by atoms with Crippen LogP contribution >= 0.6 is 11.8 Å². The Bertz CT molecular complexity index is 1140. The van der Waals surface area contributed by atoms with Gasteiger partial charge in [-0.1, -0.05) is 13.0 Å². The molecule has 2 unspecified atom stereocenters. The lowest BCUT2D eigenvalue weighted by molar-refractivity contribution is -0.119. The van der Waals surface area contributed by atoms with Crippen LogP contribution in [0.5, 0.6) is 11.5 Å². The third-order valence-corrected chi connectivity index (χ3v) is 6.39. The van der Waals surface area contributed by atoms with Crippen LogP contribution in [0.2, 0.25) is 0 Å². The second kappa shape index (κ2) is 9.99. The summed E-state index contributed by atoms with van der Waals surface area (Å²) in [4.78, 5) is 24.3. The van der Waals surface area contributed by atoms with E-state index in [-0.39, 0.29) is 24.0 Å². The Morgan fingerprint density at radius 3 is 2.56 bits per heavy atom. The molecule has 2 amide bonds. The van der Waals surface area contributed by atoms with Gasteiger partial charge in [0.2, 0.25) is 11.8 Å². The Kier molecular flexibility index (Phi) is 7.35. The lowest BCUT2D eigenvalue weighted by Crippen LogP contribution is -2.23. The summed E-state index contributed by atoms with van der Waals surface area (Å²) in [5, 5.41) is 10.8. The zero-order valence-electron chi connectivity index (χ0n) is 18.4. The van der Waals surface area contributed by atoms with Crippen molar-refractivity contribution in [1.29, 1.82) is 0 Å². The van der Waals surface area contributed by atoms with Crippen LogP contribution in [0, 0.1) is 5.92 Å². The van der Waals surface area contributed by atoms with E-state index >= 15 is 0 Å². The Labute approximate surface area is 191 Å². The SMILES string of the molecule is COc1cc(-c2oc3ccc(C(CC(C)CCC(N)=O)C(N)=O)cc3c2SC)ccc1O. The smallest absolute Gasteiger partial charge is 0.224 e. The molecule has 0 fully saturated rings. The number of carbonyl (C=O) groups is 2. The maximum atomic E-state index is 12.3. The van der Waals surface area contributed by atoms with Gasteiger partial charge in [-0.3, -0.25) is 9.59 Å². The van der Waals surface area contributed by atoms with E-state index in [0.29, 0.717) is 29.9 Å². The number of thioether (sulfide) groups is 1. The molecule has 7 nitrogen and oxygen atoms in total. The van der Waals surface area contributed by atoms with E-state index in [9.17, 15) is 14.7 Å². The Morgan fingerprint density at radius 1 is 1.19 bits per heavy atom. The molecule has 0 radical (unpaired) electrons. The van der Waals surface area contributed by atoms with Crippen LogP contribution < -0.4 is 16.2 Å². The largest absolute Gasteiger partial charge is 0.504 e. The summed E-state index contributed by atoms with van der Waals surface area (Å²) in [6.45, 7) is 1.99. The average molecular weight is 457 g/mol. The molecule has 0 spiro atoms. The van der Waals surface area contributed by atoms with Gasteiger partial charge in [0.05, 0.1) is 17.9 Å². The minimum Gasteiger partial charge on any atom is -0.504 e. The van der Waals surface area contributed by atoms with Crippen LogP contribution in [0.3, 0.4) is 0 Å². The lowest BCUT2D eigenvalue weighted by atomic mass is 9.86. The number of hydrogen-bond donors (Lipinski definition) is 3. The van der Waals surface area contributed by atoms with Gasteiger partial charge in [-0.05, 0) is 60.9 Å². The first kappa shape index (κ1) is 23.5. The predicted molar refractivity (Wildman–Crippen MR) is 126 cm³/mol. The molecule has 0 saturated carbocycles. The highest BCUT2D eigenvalue weighted by Gasteiger charge is 2.24. The van der Waals surface area contributed by atoms with Gasteiger partial charge >= 0.3 is 0 Å². The minimum absolute atomic E-state index is 0.0510. The summed E-state index contributed by atoms with van der Waals surface area (Å²) in [6, 6.07) is 10.7. The molecule has 1 aromatic heterocycles. The van der Waals surface area contributed by atoms with Gasteiger partial charge in [-0.2, -0.15) is 0 Å². The molecule has 2 atom stereocenters. The topological polar surface area (TPSA) is 129 Å². The number of carbonyl (C=O) groups excluding carboxylic acids is 2. The number of phenolic OH excluding ortho intramolecular Hbond substituents is 1. The van der Waals surface area contributed by atoms with Crippen molar-refractivity contribution in [1.82, 2.24) is 0 Å². The molecule has 2 aromatic carbocycles. The van der Waals surface area contributed by atoms with Crippen LogP contribution in [0.15, 0.2) is 45.7 Å². The van der Waals surface area contributed by atoms with Crippen molar-refractivity contribution < 1.29 is 23.8 Å². The maximum Gasteiger partial charge on any atom is 0.224 e. The number of hydrogen-bond acceptors (Lipinski definition) is 6. The van der Waals surface area contributed by atoms with Crippen LogP contribution in [0.4, 0.5) is 0 Å². The van der Waals surface area contributed by atoms with Gasteiger partial charge in [0.15, 0.2) is 11.5 Å². The number of amides is 2. The molecule has 3 rings (SSSR count). The zero-order chi connectivity index (χ0) is 23.4. The van der Waals surface area contributed by atoms with Crippen molar-refractivity contribution in [3.05, 3.63) is 42.0 Å². The Morgan fingerprint density at radius 2 is 1.94 bits per heavy atom. The first-order chi connectivity index (χ1) is 15.2. The standard InChI is InChI=1S/C24H28N2O5S/c1-13(4-9-21(25)28)10-16(24(26)29)14-6-8-19-17(11-14)23(32-3)22(31-19)15-5-7-18(27)20(12-15)30-2/h5-8,11-13,16,27H,4,9-10H2,1-3H3,(H2,25,28)(H2,26,29). The molecule has 0 saturated heterocycles. The number of methoxy groups -OCH3 is 1. The average Bonchev–Trinajstić information content (AvgIpc) is 3.13. The fourth-order valence-electron chi connectivity index (χ4n) is 3.85. The van der Waals surface area contributed by atoms with Crippen LogP contribution in [-0.2, 0) is 9.59 Å². The van der Waals surface area contributed by atoms with Gasteiger partial charge in [0, 0.05) is 17.4 Å². The number of primary amides is 2. The number of aromatic hydroxyl groups is 1. The van der Waals surface area contributed by atoms with Gasteiger partial charge in [0.1, 0.15) is 11.3 Å². The second-order valence-electron chi connectivity index (χ2n) is 7.91. The Balaban J connectivity index is 2.00. The molecule has 0 aliphatic heterocycles. The van der Waals surface area contributed by atoms with E-state index in [2.05, 4.69) is 0 Å². The number of benzene rings is 2. The summed E-state index contributed by atoms with van der Waals surface area (Å²) in [5.41, 5.74) is 13.2. The highest BCUT2D eigenvalue weighted by molar-refractivity contribution is 7.99. The fourth-order valence-corrected chi connectivity index (χ4v) is 4.57. The molecular weight excluding hydrogens is 428 g/mol. The zero-order valence-corrected chi connectivity index (χ0v) is 19.2. The van der Waals surface area contributed by atoms with Crippen LogP contribution in [0.1, 0.15) is 37.7 Å². The number of ether oxygens (including phenoxy) is 1. The highest BCUT2D eigenvalue weighted by atomic mass is 32.2. The second-order valence-corrected chi connectivity index (χ2v) is 8.72. The summed E-state index contributed by atoms with van der Waals surface area (Å²) in [5.74, 6) is -0.0645. The van der Waals surface area contributed by atoms with Crippen molar-refractivity contribution in [2.75, 3.05) is 13.4 Å². The van der Waals surface area contributed by atoms with Crippen LogP contribution in [-0.4, -0.2) is 30.3 Å². The molecule has 0 aliphatic carbocycles. The van der Waals surface area contributed by atoms with Gasteiger partial charge in [-0.15, -0.1) is 11.8 Å². The number of phenols is 1. The number of fused-ring (bicyclic) bond motifs is 1. The number of rotatable bonds is 10. The van der Waals surface area contributed by atoms with Crippen molar-refractivity contribution in [2.24, 2.45) is 17.4 Å².